The Balaban J connectivity index is 0.00000280. The smallest absolute Gasteiger partial charge is 0.167 e. The van der Waals surface area contributed by atoms with Crippen LogP contribution in [0, 0.1) is 0 Å². The van der Waals surface area contributed by atoms with Gasteiger partial charge in [-0.3, -0.25) is 0 Å². The Kier molecular flexibility index (Phi) is 12.7. The van der Waals surface area contributed by atoms with E-state index < -0.39 is 0 Å². The summed E-state index contributed by atoms with van der Waals surface area (Å²) in [5.41, 5.74) is 12.5. The maximum Gasteiger partial charge on any atom is 0.167 e. The molecule has 0 aliphatic heterocycles. The van der Waals surface area contributed by atoms with Crippen molar-refractivity contribution in [2.24, 2.45) is 11.5 Å². The van der Waals surface area contributed by atoms with Gasteiger partial charge in [-0.25, -0.2) is 15.0 Å². The van der Waals surface area contributed by atoms with Crippen molar-refractivity contribution in [3.05, 3.63) is 60.7 Å². The van der Waals surface area contributed by atoms with Crippen LogP contribution in [0.25, 0.3) is 34.2 Å². The van der Waals surface area contributed by atoms with Crippen LogP contribution < -0.4 is 25.7 Å². The number of nitrogens with two attached hydrogens (primary N) is 2. The van der Waals surface area contributed by atoms with Crippen molar-refractivity contribution in [2.45, 2.75) is 12.8 Å². The van der Waals surface area contributed by atoms with E-state index in [4.69, 9.17) is 25.7 Å². The van der Waals surface area contributed by atoms with Crippen LogP contribution in [0.4, 0.5) is 0 Å². The molecule has 0 radical (unpaired) electrons. The molecule has 4 rings (SSSR count). The Hall–Kier alpha value is -3.83. The number of phenols is 2. The zero-order valence-electron chi connectivity index (χ0n) is 21.9. The molecule has 1 aromatic heterocycles. The van der Waals surface area contributed by atoms with Crippen LogP contribution in [0.2, 0.25) is 0 Å². The van der Waals surface area contributed by atoms with Crippen LogP contribution in [0.1, 0.15) is 12.8 Å². The summed E-state index contributed by atoms with van der Waals surface area (Å²) in [5.74, 6) is 2.41. The second-order valence-electron chi connectivity index (χ2n) is 8.37. The van der Waals surface area contributed by atoms with E-state index in [1.807, 2.05) is 12.1 Å². The van der Waals surface area contributed by atoms with Gasteiger partial charge in [-0.1, -0.05) is 0 Å². The predicted molar refractivity (Wildman–Crippen MR) is 159 cm³/mol. The quantitative estimate of drug-likeness (QED) is 0.172. The van der Waals surface area contributed by atoms with Crippen molar-refractivity contribution in [1.29, 1.82) is 0 Å². The third-order valence-corrected chi connectivity index (χ3v) is 5.64. The second kappa shape index (κ2) is 15.7. The minimum atomic E-state index is -0.0547. The summed E-state index contributed by atoms with van der Waals surface area (Å²) < 4.78 is 16.5. The van der Waals surface area contributed by atoms with Gasteiger partial charge in [-0.2, -0.15) is 0 Å². The van der Waals surface area contributed by atoms with Crippen LogP contribution in [0.5, 0.6) is 28.7 Å². The first-order valence-electron chi connectivity index (χ1n) is 12.3. The molecular weight excluding hydrogens is 557 g/mol. The Morgan fingerprint density at radius 3 is 1.45 bits per heavy atom. The van der Waals surface area contributed by atoms with Gasteiger partial charge in [0.05, 0.1) is 31.5 Å². The zero-order chi connectivity index (χ0) is 26.9. The SMILES string of the molecule is COc1ccc(-c2nc(-c3ccc(OCCCN)cc3O)nc(-c3ccc(OCCCN)cc3O)n2)cc1.Cl.Cl. The van der Waals surface area contributed by atoms with Crippen LogP contribution in [0.3, 0.4) is 0 Å². The third kappa shape index (κ3) is 8.09. The maximum absolute atomic E-state index is 10.8. The van der Waals surface area contributed by atoms with Gasteiger partial charge in [-0.05, 0) is 74.5 Å². The predicted octanol–water partition coefficient (Wildman–Crippen LogP) is 4.59. The highest BCUT2D eigenvalue weighted by Crippen LogP contribution is 2.35. The Morgan fingerprint density at radius 2 is 1.05 bits per heavy atom. The lowest BCUT2D eigenvalue weighted by Crippen LogP contribution is -2.06. The molecule has 6 N–H and O–H groups in total. The standard InChI is InChI=1S/C28H31N5O5.2ClH/c1-36-19-6-4-18(5-7-19)26-31-27(22-10-8-20(16-24(22)34)37-14-2-12-29)33-28(32-26)23-11-9-21(17-25(23)35)38-15-3-13-30;;/h4-11,16-17,34-35H,2-3,12-15,29-30H2,1H3;2*1H. The van der Waals surface area contributed by atoms with E-state index in [-0.39, 0.29) is 48.0 Å². The summed E-state index contributed by atoms with van der Waals surface area (Å²) in [6, 6.07) is 17.1. The maximum atomic E-state index is 10.8. The van der Waals surface area contributed by atoms with Crippen LogP contribution in [-0.4, -0.2) is 58.6 Å². The van der Waals surface area contributed by atoms with Gasteiger partial charge >= 0.3 is 0 Å². The van der Waals surface area contributed by atoms with E-state index in [1.165, 1.54) is 12.1 Å². The normalized spacial score (nSPS) is 10.3. The van der Waals surface area contributed by atoms with E-state index in [0.717, 1.165) is 0 Å². The molecule has 214 valence electrons. The van der Waals surface area contributed by atoms with Crippen molar-refractivity contribution in [1.82, 2.24) is 15.0 Å². The molecule has 0 amide bonds. The van der Waals surface area contributed by atoms with E-state index in [2.05, 4.69) is 15.0 Å². The van der Waals surface area contributed by atoms with Crippen molar-refractivity contribution in [3.8, 4) is 62.9 Å². The van der Waals surface area contributed by atoms with E-state index in [9.17, 15) is 10.2 Å². The van der Waals surface area contributed by atoms with Crippen LogP contribution >= 0.6 is 24.8 Å². The molecular formula is C28H33Cl2N5O5. The number of aromatic nitrogens is 3. The second-order valence-corrected chi connectivity index (χ2v) is 8.37. The van der Waals surface area contributed by atoms with Gasteiger partial charge in [0, 0.05) is 17.7 Å². The van der Waals surface area contributed by atoms with Crippen molar-refractivity contribution >= 4 is 24.8 Å². The highest BCUT2D eigenvalue weighted by molar-refractivity contribution is 5.85. The molecule has 0 spiro atoms. The molecule has 0 saturated carbocycles. The summed E-state index contributed by atoms with van der Waals surface area (Å²) in [5, 5.41) is 21.6. The lowest BCUT2D eigenvalue weighted by Gasteiger charge is -2.12. The summed E-state index contributed by atoms with van der Waals surface area (Å²) in [6.45, 7) is 1.91. The number of nitrogens with zero attached hydrogens (tertiary/aromatic N) is 3. The fraction of sp³-hybridized carbons (Fsp3) is 0.250. The molecule has 3 aromatic carbocycles. The summed E-state index contributed by atoms with van der Waals surface area (Å²) >= 11 is 0. The highest BCUT2D eigenvalue weighted by atomic mass is 35.5. The molecule has 12 heteroatoms. The summed E-state index contributed by atoms with van der Waals surface area (Å²) in [7, 11) is 1.59. The summed E-state index contributed by atoms with van der Waals surface area (Å²) in [6.07, 6.45) is 1.40. The zero-order valence-corrected chi connectivity index (χ0v) is 23.6. The minimum Gasteiger partial charge on any atom is -0.507 e. The highest BCUT2D eigenvalue weighted by Gasteiger charge is 2.17. The third-order valence-electron chi connectivity index (χ3n) is 5.64. The number of aromatic hydroxyl groups is 2. The van der Waals surface area contributed by atoms with Crippen molar-refractivity contribution in [2.75, 3.05) is 33.4 Å². The fourth-order valence-corrected chi connectivity index (χ4v) is 3.61. The number of methoxy groups -OCH3 is 1. The van der Waals surface area contributed by atoms with Gasteiger partial charge in [0.15, 0.2) is 17.5 Å². The molecule has 0 aliphatic rings. The van der Waals surface area contributed by atoms with Gasteiger partial charge in [-0.15, -0.1) is 24.8 Å². The lowest BCUT2D eigenvalue weighted by atomic mass is 10.1. The summed E-state index contributed by atoms with van der Waals surface area (Å²) in [4.78, 5) is 13.8. The molecule has 0 unspecified atom stereocenters. The van der Waals surface area contributed by atoms with Crippen molar-refractivity contribution < 1.29 is 24.4 Å². The monoisotopic (exact) mass is 589 g/mol. The Bertz CT molecular complexity index is 1300. The first-order chi connectivity index (χ1) is 18.5. The first-order valence-corrected chi connectivity index (χ1v) is 12.3. The van der Waals surface area contributed by atoms with Crippen LogP contribution in [-0.2, 0) is 0 Å². The number of halogens is 2. The lowest BCUT2D eigenvalue weighted by molar-refractivity contribution is 0.311. The molecule has 0 fully saturated rings. The van der Waals surface area contributed by atoms with E-state index in [1.54, 1.807) is 43.5 Å². The number of hydrogen-bond donors (Lipinski definition) is 4. The number of benzene rings is 3. The van der Waals surface area contributed by atoms with Gasteiger partial charge in [0.1, 0.15) is 28.7 Å². The number of phenolic OH excluding ortho intramolecular Hbond substituents is 2. The van der Waals surface area contributed by atoms with Gasteiger partial charge in [0.2, 0.25) is 0 Å². The average Bonchev–Trinajstić information content (AvgIpc) is 2.93. The molecule has 0 bridgehead atoms. The average molecular weight is 591 g/mol. The Morgan fingerprint density at radius 1 is 0.625 bits per heavy atom. The topological polar surface area (TPSA) is 159 Å². The molecule has 40 heavy (non-hydrogen) atoms. The first kappa shape index (κ1) is 32.4. The molecule has 1 heterocycles. The van der Waals surface area contributed by atoms with E-state index >= 15 is 0 Å². The molecule has 0 saturated heterocycles. The number of rotatable bonds is 12. The minimum absolute atomic E-state index is 0. The van der Waals surface area contributed by atoms with E-state index in [0.29, 0.717) is 78.9 Å². The largest absolute Gasteiger partial charge is 0.507 e. The fourth-order valence-electron chi connectivity index (χ4n) is 3.61. The molecule has 4 aromatic rings. The van der Waals surface area contributed by atoms with Gasteiger partial charge < -0.3 is 35.9 Å². The molecule has 0 aliphatic carbocycles. The van der Waals surface area contributed by atoms with Crippen LogP contribution in [0.15, 0.2) is 60.7 Å². The number of ether oxygens (including phenoxy) is 3. The van der Waals surface area contributed by atoms with Gasteiger partial charge in [0.25, 0.3) is 0 Å². The number of hydrogen-bond acceptors (Lipinski definition) is 10. The van der Waals surface area contributed by atoms with Crippen molar-refractivity contribution in [3.63, 3.8) is 0 Å². The Labute approximate surface area is 245 Å². The molecule has 0 atom stereocenters. The molecule has 10 nitrogen and oxygen atoms in total.